The molecule has 1 heterocycles. The third kappa shape index (κ3) is 4.55. The Kier molecular flexibility index (Phi) is 6.05. The first-order chi connectivity index (χ1) is 13.4. The number of anilines is 1. The van der Waals surface area contributed by atoms with Gasteiger partial charge in [-0.05, 0) is 42.5 Å². The molecule has 28 heavy (non-hydrogen) atoms. The molecule has 0 aliphatic rings. The largest absolute Gasteiger partial charge is 0.495 e. The van der Waals surface area contributed by atoms with Crippen LogP contribution in [-0.2, 0) is 16.6 Å². The fraction of sp³-hybridized carbons (Fsp3) is 0.105. The minimum atomic E-state index is -4.00. The highest BCUT2D eigenvalue weighted by atomic mass is 79.9. The lowest BCUT2D eigenvalue weighted by Gasteiger charge is -2.14. The van der Waals surface area contributed by atoms with Crippen LogP contribution in [0.3, 0.4) is 0 Å². The second-order valence-corrected chi connectivity index (χ2v) is 8.27. The number of sulfonamides is 1. The van der Waals surface area contributed by atoms with Crippen LogP contribution >= 0.6 is 15.9 Å². The summed E-state index contributed by atoms with van der Waals surface area (Å²) in [6.45, 7) is 0.187. The van der Waals surface area contributed by atoms with Crippen LogP contribution in [0, 0.1) is 0 Å². The van der Waals surface area contributed by atoms with Gasteiger partial charge in [0, 0.05) is 4.47 Å². The van der Waals surface area contributed by atoms with Crippen molar-refractivity contribution in [1.29, 1.82) is 0 Å². The topological polar surface area (TPSA) is 97.6 Å². The lowest BCUT2D eigenvalue weighted by Crippen LogP contribution is -2.24. The summed E-state index contributed by atoms with van der Waals surface area (Å²) in [7, 11) is -2.61. The van der Waals surface area contributed by atoms with Crippen LogP contribution in [0.2, 0.25) is 0 Å². The zero-order valence-corrected chi connectivity index (χ0v) is 17.2. The maximum atomic E-state index is 12.9. The summed E-state index contributed by atoms with van der Waals surface area (Å²) in [6.07, 6.45) is 1.51. The quantitative estimate of drug-likeness (QED) is 0.554. The zero-order valence-electron chi connectivity index (χ0n) is 14.8. The van der Waals surface area contributed by atoms with Crippen molar-refractivity contribution in [3.8, 4) is 5.75 Å². The molecule has 0 aliphatic carbocycles. The Labute approximate surface area is 170 Å². The molecule has 9 heteroatoms. The second-order valence-electron chi connectivity index (χ2n) is 5.71. The maximum absolute atomic E-state index is 12.9. The molecule has 2 aromatic carbocycles. The van der Waals surface area contributed by atoms with Gasteiger partial charge in [0.2, 0.25) is 0 Å². The molecule has 0 saturated carbocycles. The van der Waals surface area contributed by atoms with Crippen LogP contribution < -0.4 is 14.8 Å². The normalized spacial score (nSPS) is 11.1. The van der Waals surface area contributed by atoms with E-state index in [4.69, 9.17) is 9.15 Å². The van der Waals surface area contributed by atoms with Crippen LogP contribution in [0.1, 0.15) is 16.1 Å². The predicted molar refractivity (Wildman–Crippen MR) is 108 cm³/mol. The summed E-state index contributed by atoms with van der Waals surface area (Å²) < 4.78 is 39.2. The van der Waals surface area contributed by atoms with Crippen molar-refractivity contribution >= 4 is 37.5 Å². The molecule has 0 unspecified atom stereocenters. The Balaban J connectivity index is 1.86. The number of hydrogen-bond acceptors (Lipinski definition) is 5. The molecule has 0 saturated heterocycles. The first-order valence-electron chi connectivity index (χ1n) is 8.16. The molecule has 1 amide bonds. The van der Waals surface area contributed by atoms with Gasteiger partial charge in [-0.2, -0.15) is 0 Å². The van der Waals surface area contributed by atoms with Crippen LogP contribution in [0.4, 0.5) is 5.69 Å². The summed E-state index contributed by atoms with van der Waals surface area (Å²) in [6, 6.07) is 14.4. The number of hydrogen-bond donors (Lipinski definition) is 2. The number of benzene rings is 2. The molecular formula is C19H17BrN2O5S. The van der Waals surface area contributed by atoms with Crippen molar-refractivity contribution in [1.82, 2.24) is 5.32 Å². The molecular weight excluding hydrogens is 448 g/mol. The minimum Gasteiger partial charge on any atom is -0.495 e. The highest BCUT2D eigenvalue weighted by Crippen LogP contribution is 2.29. The number of rotatable bonds is 7. The highest BCUT2D eigenvalue weighted by Gasteiger charge is 2.22. The number of para-hydroxylation sites is 1. The Morgan fingerprint density at radius 2 is 1.93 bits per heavy atom. The highest BCUT2D eigenvalue weighted by molar-refractivity contribution is 9.10. The minimum absolute atomic E-state index is 0.0461. The molecule has 146 valence electrons. The monoisotopic (exact) mass is 464 g/mol. The summed E-state index contributed by atoms with van der Waals surface area (Å²) in [4.78, 5) is 12.5. The van der Waals surface area contributed by atoms with Crippen molar-refractivity contribution in [2.75, 3.05) is 11.8 Å². The van der Waals surface area contributed by atoms with Crippen molar-refractivity contribution < 1.29 is 22.4 Å². The molecule has 0 aliphatic heterocycles. The molecule has 1 aromatic heterocycles. The molecule has 3 aromatic rings. The van der Waals surface area contributed by atoms with Crippen LogP contribution in [0.5, 0.6) is 5.75 Å². The van der Waals surface area contributed by atoms with E-state index in [-0.39, 0.29) is 28.4 Å². The molecule has 0 bridgehead atoms. The summed E-state index contributed by atoms with van der Waals surface area (Å²) in [5.41, 5.74) is 0.341. The van der Waals surface area contributed by atoms with E-state index in [9.17, 15) is 13.2 Å². The maximum Gasteiger partial charge on any atom is 0.265 e. The molecule has 0 fully saturated rings. The van der Waals surface area contributed by atoms with E-state index >= 15 is 0 Å². The van der Waals surface area contributed by atoms with Gasteiger partial charge < -0.3 is 14.5 Å². The molecule has 7 nitrogen and oxygen atoms in total. The van der Waals surface area contributed by atoms with Crippen molar-refractivity contribution in [2.24, 2.45) is 0 Å². The lowest BCUT2D eigenvalue weighted by atomic mass is 10.1. The number of carbonyl (C=O) groups is 1. The zero-order chi connectivity index (χ0) is 20.1. The van der Waals surface area contributed by atoms with Crippen LogP contribution in [0.15, 0.2) is 74.6 Å². The fourth-order valence-electron chi connectivity index (χ4n) is 2.51. The van der Waals surface area contributed by atoms with Gasteiger partial charge in [-0.3, -0.25) is 9.52 Å². The van der Waals surface area contributed by atoms with Gasteiger partial charge in [-0.25, -0.2) is 8.42 Å². The average Bonchev–Trinajstić information content (AvgIpc) is 3.20. The third-order valence-corrected chi connectivity index (χ3v) is 5.71. The molecule has 0 spiro atoms. The summed E-state index contributed by atoms with van der Waals surface area (Å²) in [5, 5.41) is 2.70. The van der Waals surface area contributed by atoms with Crippen molar-refractivity contribution in [3.05, 3.63) is 76.7 Å². The molecule has 0 atom stereocenters. The standard InChI is InChI=1S/C19H17BrN2O5S/c1-26-17-9-8-13(20)11-18(17)28(24,25)22-16-7-3-2-6-15(16)19(23)21-12-14-5-4-10-27-14/h2-11,22H,12H2,1H3,(H,21,23). The number of methoxy groups -OCH3 is 1. The number of nitrogens with one attached hydrogen (secondary N) is 2. The van der Waals surface area contributed by atoms with E-state index < -0.39 is 15.9 Å². The van der Waals surface area contributed by atoms with Gasteiger partial charge in [0.25, 0.3) is 15.9 Å². The Bertz CT molecular complexity index is 1080. The predicted octanol–water partition coefficient (Wildman–Crippen LogP) is 3.78. The van der Waals surface area contributed by atoms with E-state index in [0.29, 0.717) is 10.2 Å². The van der Waals surface area contributed by atoms with E-state index in [1.165, 1.54) is 31.6 Å². The SMILES string of the molecule is COc1ccc(Br)cc1S(=O)(=O)Nc1ccccc1C(=O)NCc1ccco1. The van der Waals surface area contributed by atoms with Crippen molar-refractivity contribution in [3.63, 3.8) is 0 Å². The smallest absolute Gasteiger partial charge is 0.265 e. The Hall–Kier alpha value is -2.78. The van der Waals surface area contributed by atoms with Crippen LogP contribution in [-0.4, -0.2) is 21.4 Å². The summed E-state index contributed by atoms with van der Waals surface area (Å²) >= 11 is 3.26. The van der Waals surface area contributed by atoms with Gasteiger partial charge in [0.1, 0.15) is 16.4 Å². The van der Waals surface area contributed by atoms with E-state index in [2.05, 4.69) is 26.0 Å². The average molecular weight is 465 g/mol. The lowest BCUT2D eigenvalue weighted by molar-refractivity contribution is 0.0949. The van der Waals surface area contributed by atoms with E-state index in [0.717, 1.165) is 0 Å². The molecule has 2 N–H and O–H groups in total. The Morgan fingerprint density at radius 3 is 2.64 bits per heavy atom. The summed E-state index contributed by atoms with van der Waals surface area (Å²) in [5.74, 6) is 0.344. The number of furan rings is 1. The number of ether oxygens (including phenoxy) is 1. The molecule has 0 radical (unpaired) electrons. The van der Waals surface area contributed by atoms with Gasteiger partial charge in [0.15, 0.2) is 0 Å². The molecule has 3 rings (SSSR count). The van der Waals surface area contributed by atoms with Gasteiger partial charge >= 0.3 is 0 Å². The first-order valence-corrected chi connectivity index (χ1v) is 10.4. The van der Waals surface area contributed by atoms with E-state index in [1.54, 1.807) is 36.4 Å². The third-order valence-electron chi connectivity index (χ3n) is 3.83. The van der Waals surface area contributed by atoms with Gasteiger partial charge in [0.05, 0.1) is 31.2 Å². The number of amides is 1. The number of halogens is 1. The van der Waals surface area contributed by atoms with Crippen LogP contribution in [0.25, 0.3) is 0 Å². The van der Waals surface area contributed by atoms with Crippen molar-refractivity contribution in [2.45, 2.75) is 11.4 Å². The fourth-order valence-corrected chi connectivity index (χ4v) is 4.29. The first kappa shape index (κ1) is 20.0. The van der Waals surface area contributed by atoms with E-state index in [1.807, 2.05) is 0 Å². The number of carbonyl (C=O) groups excluding carboxylic acids is 1. The second kappa shape index (κ2) is 8.49. The Morgan fingerprint density at radius 1 is 1.14 bits per heavy atom. The van der Waals surface area contributed by atoms with Gasteiger partial charge in [-0.1, -0.05) is 28.1 Å². The van der Waals surface area contributed by atoms with Gasteiger partial charge in [-0.15, -0.1) is 0 Å².